The van der Waals surface area contributed by atoms with Crippen molar-refractivity contribution in [1.29, 1.82) is 0 Å². The second-order valence-corrected chi connectivity index (χ2v) is 3.05. The van der Waals surface area contributed by atoms with E-state index in [0.717, 1.165) is 23.5 Å². The van der Waals surface area contributed by atoms with Crippen LogP contribution in [0, 0.1) is 13.8 Å². The molecule has 0 unspecified atom stereocenters. The molecule has 0 aliphatic carbocycles. The van der Waals surface area contributed by atoms with Crippen LogP contribution in [-0.4, -0.2) is 20.7 Å². The molecule has 0 saturated carbocycles. The van der Waals surface area contributed by atoms with E-state index in [2.05, 4.69) is 10.3 Å². The van der Waals surface area contributed by atoms with Crippen molar-refractivity contribution in [3.8, 4) is 0 Å². The summed E-state index contributed by atoms with van der Waals surface area (Å²) in [6.07, 6.45) is 0. The summed E-state index contributed by atoms with van der Waals surface area (Å²) in [6, 6.07) is 0. The fourth-order valence-electron chi connectivity index (χ4n) is 1.58. The summed E-state index contributed by atoms with van der Waals surface area (Å²) in [5.74, 6) is 0. The van der Waals surface area contributed by atoms with Gasteiger partial charge in [-0.3, -0.25) is 4.68 Å². The Balaban J connectivity index is 3.28. The fourth-order valence-corrected chi connectivity index (χ4v) is 1.58. The molecule has 0 aromatic carbocycles. The van der Waals surface area contributed by atoms with Crippen LogP contribution in [0.5, 0.6) is 0 Å². The van der Waals surface area contributed by atoms with Gasteiger partial charge >= 0.3 is 0 Å². The number of hydrogen-bond donors (Lipinski definition) is 1. The van der Waals surface area contributed by atoms with Gasteiger partial charge in [0, 0.05) is 17.8 Å². The molecule has 0 amide bonds. The summed E-state index contributed by atoms with van der Waals surface area (Å²) < 4.78 is 1.90. The molecular weight excluding hydrogens is 166 g/mol. The Morgan fingerprint density at radius 2 is 2.15 bits per heavy atom. The third-order valence-corrected chi connectivity index (χ3v) is 2.19. The van der Waals surface area contributed by atoms with E-state index in [-0.39, 0.29) is 0 Å². The molecule has 13 heavy (non-hydrogen) atoms. The van der Waals surface area contributed by atoms with Crippen LogP contribution in [0.3, 0.4) is 0 Å². The number of oxime groups is 1. The minimum atomic E-state index is 0.620. The fraction of sp³-hybridized carbons (Fsp3) is 0.556. The molecule has 1 N–H and O–H groups in total. The summed E-state index contributed by atoms with van der Waals surface area (Å²) in [6.45, 7) is 8.55. The first kappa shape index (κ1) is 9.77. The molecule has 4 heteroatoms. The smallest absolute Gasteiger partial charge is 0.0873 e. The molecule has 0 bridgehead atoms. The minimum Gasteiger partial charge on any atom is -0.411 e. The van der Waals surface area contributed by atoms with Gasteiger partial charge in [0.05, 0.1) is 11.4 Å². The number of aryl methyl sites for hydroxylation is 2. The van der Waals surface area contributed by atoms with Crippen LogP contribution in [-0.2, 0) is 6.54 Å². The van der Waals surface area contributed by atoms with Crippen LogP contribution in [0.1, 0.15) is 30.8 Å². The van der Waals surface area contributed by atoms with E-state index in [1.54, 1.807) is 6.92 Å². The highest BCUT2D eigenvalue weighted by Gasteiger charge is 2.12. The zero-order valence-corrected chi connectivity index (χ0v) is 8.50. The molecule has 0 aliphatic rings. The maximum atomic E-state index is 8.67. The monoisotopic (exact) mass is 181 g/mol. The second-order valence-electron chi connectivity index (χ2n) is 3.05. The van der Waals surface area contributed by atoms with E-state index in [1.807, 2.05) is 25.5 Å². The largest absolute Gasteiger partial charge is 0.411 e. The summed E-state index contributed by atoms with van der Waals surface area (Å²) in [5, 5.41) is 16.2. The second kappa shape index (κ2) is 3.60. The Bertz CT molecular complexity index is 339. The summed E-state index contributed by atoms with van der Waals surface area (Å²) in [5.41, 5.74) is 3.53. The van der Waals surface area contributed by atoms with Gasteiger partial charge in [-0.15, -0.1) is 0 Å². The lowest BCUT2D eigenvalue weighted by Gasteiger charge is -2.00. The van der Waals surface area contributed by atoms with Gasteiger partial charge in [-0.2, -0.15) is 5.10 Å². The highest BCUT2D eigenvalue weighted by Crippen LogP contribution is 2.13. The van der Waals surface area contributed by atoms with Crippen molar-refractivity contribution in [2.75, 3.05) is 0 Å². The maximum absolute atomic E-state index is 8.67. The van der Waals surface area contributed by atoms with E-state index >= 15 is 0 Å². The van der Waals surface area contributed by atoms with Crippen molar-refractivity contribution in [3.63, 3.8) is 0 Å². The quantitative estimate of drug-likeness (QED) is 0.429. The Morgan fingerprint density at radius 1 is 1.54 bits per heavy atom. The Labute approximate surface area is 77.9 Å². The average Bonchev–Trinajstić information content (AvgIpc) is 2.40. The zero-order chi connectivity index (χ0) is 10.0. The topological polar surface area (TPSA) is 50.4 Å². The predicted octanol–water partition coefficient (Wildman–Crippen LogP) is 1.72. The molecule has 72 valence electrons. The van der Waals surface area contributed by atoms with Crippen LogP contribution in [0.2, 0.25) is 0 Å². The predicted molar refractivity (Wildman–Crippen MR) is 51.4 cm³/mol. The molecule has 0 radical (unpaired) electrons. The molecule has 1 aromatic rings. The molecule has 0 spiro atoms. The first-order valence-corrected chi connectivity index (χ1v) is 4.34. The number of aromatic nitrogens is 2. The molecule has 4 nitrogen and oxygen atoms in total. The lowest BCUT2D eigenvalue weighted by Crippen LogP contribution is -2.01. The number of nitrogens with zero attached hydrogens (tertiary/aromatic N) is 3. The van der Waals surface area contributed by atoms with Crippen molar-refractivity contribution < 1.29 is 5.21 Å². The van der Waals surface area contributed by atoms with Crippen LogP contribution < -0.4 is 0 Å². The van der Waals surface area contributed by atoms with E-state index in [9.17, 15) is 0 Å². The van der Waals surface area contributed by atoms with Crippen LogP contribution in [0.4, 0.5) is 0 Å². The lowest BCUT2D eigenvalue weighted by atomic mass is 10.1. The number of hydrogen-bond acceptors (Lipinski definition) is 3. The van der Waals surface area contributed by atoms with Gasteiger partial charge < -0.3 is 5.21 Å². The first-order chi connectivity index (χ1) is 6.11. The molecule has 0 saturated heterocycles. The van der Waals surface area contributed by atoms with E-state index in [4.69, 9.17) is 5.21 Å². The van der Waals surface area contributed by atoms with Crippen molar-refractivity contribution in [2.45, 2.75) is 34.2 Å². The molecule has 0 aliphatic heterocycles. The summed E-state index contributed by atoms with van der Waals surface area (Å²) >= 11 is 0. The normalized spacial score (nSPS) is 12.2. The Morgan fingerprint density at radius 3 is 2.54 bits per heavy atom. The van der Waals surface area contributed by atoms with Crippen molar-refractivity contribution in [2.24, 2.45) is 5.16 Å². The molecule has 1 heterocycles. The molecule has 0 fully saturated rings. The van der Waals surface area contributed by atoms with E-state index in [0.29, 0.717) is 5.71 Å². The third kappa shape index (κ3) is 1.56. The molecular formula is C9H15N3O. The molecule has 1 rings (SSSR count). The van der Waals surface area contributed by atoms with Gasteiger partial charge in [0.1, 0.15) is 0 Å². The van der Waals surface area contributed by atoms with Gasteiger partial charge in [-0.05, 0) is 27.7 Å². The SMILES string of the molecule is CCn1nc(C)c(C(C)=NO)c1C. The Hall–Kier alpha value is -1.32. The maximum Gasteiger partial charge on any atom is 0.0873 e. The average molecular weight is 181 g/mol. The molecule has 0 atom stereocenters. The van der Waals surface area contributed by atoms with Crippen molar-refractivity contribution >= 4 is 5.71 Å². The van der Waals surface area contributed by atoms with Crippen LogP contribution >= 0.6 is 0 Å². The van der Waals surface area contributed by atoms with Gasteiger partial charge in [-0.1, -0.05) is 5.16 Å². The Kier molecular flexibility index (Phi) is 2.70. The number of rotatable bonds is 2. The standard InChI is InChI=1S/C9H15N3O/c1-5-12-8(4)9(6(2)10-12)7(3)11-13/h13H,5H2,1-4H3. The van der Waals surface area contributed by atoms with Gasteiger partial charge in [0.15, 0.2) is 0 Å². The lowest BCUT2D eigenvalue weighted by molar-refractivity contribution is 0.319. The van der Waals surface area contributed by atoms with Crippen LogP contribution in [0.25, 0.3) is 0 Å². The van der Waals surface area contributed by atoms with E-state index < -0.39 is 0 Å². The van der Waals surface area contributed by atoms with Crippen LogP contribution in [0.15, 0.2) is 5.16 Å². The van der Waals surface area contributed by atoms with Crippen molar-refractivity contribution in [3.05, 3.63) is 17.0 Å². The first-order valence-electron chi connectivity index (χ1n) is 4.34. The molecule has 1 aromatic heterocycles. The zero-order valence-electron chi connectivity index (χ0n) is 8.50. The van der Waals surface area contributed by atoms with Gasteiger partial charge in [0.25, 0.3) is 0 Å². The summed E-state index contributed by atoms with van der Waals surface area (Å²) in [7, 11) is 0. The van der Waals surface area contributed by atoms with E-state index in [1.165, 1.54) is 0 Å². The van der Waals surface area contributed by atoms with Gasteiger partial charge in [0.2, 0.25) is 0 Å². The summed E-state index contributed by atoms with van der Waals surface area (Å²) in [4.78, 5) is 0. The van der Waals surface area contributed by atoms with Gasteiger partial charge in [-0.25, -0.2) is 0 Å². The third-order valence-electron chi connectivity index (χ3n) is 2.19. The minimum absolute atomic E-state index is 0.620. The van der Waals surface area contributed by atoms with Crippen molar-refractivity contribution in [1.82, 2.24) is 9.78 Å². The highest BCUT2D eigenvalue weighted by molar-refractivity contribution is 6.00. The highest BCUT2D eigenvalue weighted by atomic mass is 16.4.